The summed E-state index contributed by atoms with van der Waals surface area (Å²) < 4.78 is 0. The molecule has 1 aromatic carbocycles. The number of anilines is 1. The van der Waals surface area contributed by atoms with Crippen molar-refractivity contribution in [1.82, 2.24) is 10.2 Å². The number of carbonyl (C=O) groups excluding carboxylic acids is 2. The van der Waals surface area contributed by atoms with Crippen LogP contribution in [-0.2, 0) is 9.59 Å². The molecule has 0 aromatic heterocycles. The van der Waals surface area contributed by atoms with Crippen molar-refractivity contribution in [2.75, 3.05) is 37.6 Å². The largest absolute Gasteiger partial charge is 0.342 e. The van der Waals surface area contributed by atoms with E-state index in [-0.39, 0.29) is 24.2 Å². The van der Waals surface area contributed by atoms with E-state index in [0.717, 1.165) is 39.0 Å². The van der Waals surface area contributed by atoms with Crippen molar-refractivity contribution in [3.63, 3.8) is 0 Å². The van der Waals surface area contributed by atoms with Crippen LogP contribution in [0.4, 0.5) is 5.69 Å². The molecule has 0 radical (unpaired) electrons. The Morgan fingerprint density at radius 2 is 1.81 bits per heavy atom. The van der Waals surface area contributed by atoms with Crippen LogP contribution in [0.5, 0.6) is 0 Å². The highest BCUT2D eigenvalue weighted by atomic mass is 35.5. The van der Waals surface area contributed by atoms with Crippen molar-refractivity contribution in [1.29, 1.82) is 0 Å². The fourth-order valence-corrected chi connectivity index (χ4v) is 5.01. The van der Waals surface area contributed by atoms with Crippen LogP contribution in [0.3, 0.4) is 0 Å². The van der Waals surface area contributed by atoms with Crippen LogP contribution in [0.25, 0.3) is 0 Å². The van der Waals surface area contributed by atoms with Crippen LogP contribution >= 0.6 is 23.2 Å². The molecule has 26 heavy (non-hydrogen) atoms. The van der Waals surface area contributed by atoms with Gasteiger partial charge in [-0.1, -0.05) is 23.2 Å². The summed E-state index contributed by atoms with van der Waals surface area (Å²) in [7, 11) is 0. The molecule has 3 saturated heterocycles. The molecule has 1 spiro atoms. The molecule has 3 aliphatic heterocycles. The molecule has 3 fully saturated rings. The molecule has 140 valence electrons. The molecule has 5 nitrogen and oxygen atoms in total. The molecule has 2 amide bonds. The molecule has 1 atom stereocenters. The number of piperidine rings is 1. The number of amides is 2. The Balaban J connectivity index is 1.41. The summed E-state index contributed by atoms with van der Waals surface area (Å²) in [6, 6.07) is 5.07. The average molecular weight is 396 g/mol. The Bertz CT molecular complexity index is 703. The van der Waals surface area contributed by atoms with Gasteiger partial charge in [0.1, 0.15) is 0 Å². The quantitative estimate of drug-likeness (QED) is 0.837. The van der Waals surface area contributed by atoms with Gasteiger partial charge in [-0.3, -0.25) is 9.59 Å². The molecule has 1 N–H and O–H groups in total. The summed E-state index contributed by atoms with van der Waals surface area (Å²) in [6.45, 7) is 4.16. The number of hydrogen-bond acceptors (Lipinski definition) is 3. The molecular weight excluding hydrogens is 373 g/mol. The molecule has 0 saturated carbocycles. The van der Waals surface area contributed by atoms with Crippen molar-refractivity contribution in [2.45, 2.75) is 25.7 Å². The number of halogens is 2. The van der Waals surface area contributed by atoms with Crippen LogP contribution < -0.4 is 10.2 Å². The zero-order chi connectivity index (χ0) is 18.3. The minimum absolute atomic E-state index is 0.0462. The first kappa shape index (κ1) is 18.1. The van der Waals surface area contributed by atoms with E-state index >= 15 is 0 Å². The number of hydrogen-bond donors (Lipinski definition) is 1. The lowest BCUT2D eigenvalue weighted by molar-refractivity contribution is -0.137. The first-order chi connectivity index (χ1) is 12.5. The smallest absolute Gasteiger partial charge is 0.228 e. The number of carbonyl (C=O) groups is 2. The maximum Gasteiger partial charge on any atom is 0.228 e. The number of likely N-dealkylation sites (tertiary alicyclic amines) is 1. The monoisotopic (exact) mass is 395 g/mol. The van der Waals surface area contributed by atoms with Crippen LogP contribution in [0.1, 0.15) is 25.7 Å². The van der Waals surface area contributed by atoms with E-state index in [1.807, 2.05) is 4.90 Å². The third kappa shape index (κ3) is 3.45. The third-order valence-corrected chi connectivity index (χ3v) is 6.54. The van der Waals surface area contributed by atoms with Gasteiger partial charge in [-0.25, -0.2) is 0 Å². The number of benzene rings is 1. The van der Waals surface area contributed by atoms with Crippen LogP contribution in [0.15, 0.2) is 18.2 Å². The van der Waals surface area contributed by atoms with E-state index in [1.165, 1.54) is 6.42 Å². The van der Waals surface area contributed by atoms with Gasteiger partial charge < -0.3 is 15.1 Å². The number of rotatable bonds is 2. The van der Waals surface area contributed by atoms with Gasteiger partial charge in [0.25, 0.3) is 0 Å². The highest BCUT2D eigenvalue weighted by Crippen LogP contribution is 2.38. The van der Waals surface area contributed by atoms with Crippen LogP contribution in [-0.4, -0.2) is 49.4 Å². The lowest BCUT2D eigenvalue weighted by atomic mass is 9.77. The molecule has 4 rings (SSSR count). The van der Waals surface area contributed by atoms with Crippen LogP contribution in [0.2, 0.25) is 10.0 Å². The summed E-state index contributed by atoms with van der Waals surface area (Å²) in [6.07, 6.45) is 3.58. The first-order valence-electron chi connectivity index (χ1n) is 9.22. The average Bonchev–Trinajstić information content (AvgIpc) is 3.21. The fraction of sp³-hybridized carbons (Fsp3) is 0.579. The van der Waals surface area contributed by atoms with Gasteiger partial charge in [0.05, 0.1) is 5.92 Å². The highest BCUT2D eigenvalue weighted by Gasteiger charge is 2.42. The number of nitrogens with zero attached hydrogens (tertiary/aromatic N) is 2. The lowest BCUT2D eigenvalue weighted by Crippen LogP contribution is -2.46. The van der Waals surface area contributed by atoms with Gasteiger partial charge in [-0.2, -0.15) is 0 Å². The van der Waals surface area contributed by atoms with Crippen LogP contribution in [0, 0.1) is 11.3 Å². The van der Waals surface area contributed by atoms with E-state index < -0.39 is 0 Å². The van der Waals surface area contributed by atoms with Crippen molar-refractivity contribution >= 4 is 40.7 Å². The highest BCUT2D eigenvalue weighted by molar-refractivity contribution is 6.35. The predicted octanol–water partition coefficient (Wildman–Crippen LogP) is 2.95. The Morgan fingerprint density at radius 1 is 1.12 bits per heavy atom. The molecule has 3 heterocycles. The van der Waals surface area contributed by atoms with E-state index in [1.54, 1.807) is 23.1 Å². The fourth-order valence-electron chi connectivity index (χ4n) is 4.50. The van der Waals surface area contributed by atoms with Gasteiger partial charge in [-0.05, 0) is 49.4 Å². The zero-order valence-electron chi connectivity index (χ0n) is 14.6. The summed E-state index contributed by atoms with van der Waals surface area (Å²) >= 11 is 12.1. The van der Waals surface area contributed by atoms with Gasteiger partial charge in [0, 0.05) is 48.3 Å². The van der Waals surface area contributed by atoms with E-state index in [2.05, 4.69) is 5.32 Å². The van der Waals surface area contributed by atoms with E-state index in [4.69, 9.17) is 23.2 Å². The lowest BCUT2D eigenvalue weighted by Gasteiger charge is -2.39. The Hall–Kier alpha value is -1.30. The van der Waals surface area contributed by atoms with Gasteiger partial charge in [0.2, 0.25) is 11.8 Å². The topological polar surface area (TPSA) is 52.7 Å². The van der Waals surface area contributed by atoms with E-state index in [0.29, 0.717) is 27.7 Å². The first-order valence-corrected chi connectivity index (χ1v) is 9.97. The summed E-state index contributed by atoms with van der Waals surface area (Å²) in [5, 5.41) is 4.42. The van der Waals surface area contributed by atoms with Gasteiger partial charge in [0.15, 0.2) is 0 Å². The zero-order valence-corrected chi connectivity index (χ0v) is 16.2. The molecule has 1 unspecified atom stereocenters. The second-order valence-corrected chi connectivity index (χ2v) is 8.66. The minimum Gasteiger partial charge on any atom is -0.342 e. The molecule has 3 aliphatic rings. The Morgan fingerprint density at radius 3 is 2.42 bits per heavy atom. The minimum atomic E-state index is -0.281. The molecular formula is C19H23Cl2N3O2. The predicted molar refractivity (Wildman–Crippen MR) is 103 cm³/mol. The third-order valence-electron chi connectivity index (χ3n) is 6.10. The van der Waals surface area contributed by atoms with Crippen molar-refractivity contribution in [2.24, 2.45) is 11.3 Å². The van der Waals surface area contributed by atoms with Gasteiger partial charge >= 0.3 is 0 Å². The summed E-state index contributed by atoms with van der Waals surface area (Å²) in [4.78, 5) is 29.0. The molecule has 7 heteroatoms. The SMILES string of the molecule is O=C(C1CC(=O)N(c2cc(Cl)cc(Cl)c2)C1)N1CCC2(CCNC2)CC1. The standard InChI is InChI=1S/C19H23Cl2N3O2/c20-14-8-15(21)10-16(9-14)24-11-13(7-17(24)25)18(26)23-5-2-19(3-6-23)1-4-22-12-19/h8-10,13,22H,1-7,11-12H2. The second kappa shape index (κ2) is 7.02. The second-order valence-electron chi connectivity index (χ2n) is 7.79. The maximum absolute atomic E-state index is 12.9. The Labute approximate surface area is 163 Å². The van der Waals surface area contributed by atoms with Crippen molar-refractivity contribution in [3.05, 3.63) is 28.2 Å². The Kier molecular flexibility index (Phi) is 4.88. The normalized spacial score (nSPS) is 25.3. The summed E-state index contributed by atoms with van der Waals surface area (Å²) in [5.41, 5.74) is 1.05. The summed E-state index contributed by atoms with van der Waals surface area (Å²) in [5.74, 6) is -0.221. The van der Waals surface area contributed by atoms with Crippen molar-refractivity contribution in [3.8, 4) is 0 Å². The van der Waals surface area contributed by atoms with Gasteiger partial charge in [-0.15, -0.1) is 0 Å². The molecule has 0 bridgehead atoms. The molecule has 0 aliphatic carbocycles. The maximum atomic E-state index is 12.9. The van der Waals surface area contributed by atoms with Crippen molar-refractivity contribution < 1.29 is 9.59 Å². The molecule has 1 aromatic rings. The number of nitrogens with one attached hydrogen (secondary N) is 1. The van der Waals surface area contributed by atoms with E-state index in [9.17, 15) is 9.59 Å².